The normalized spacial score (nSPS) is 14.2. The summed E-state index contributed by atoms with van der Waals surface area (Å²) >= 11 is 0. The van der Waals surface area contributed by atoms with E-state index in [1.54, 1.807) is 18.7 Å². The first-order chi connectivity index (χ1) is 10.4. The third-order valence-electron chi connectivity index (χ3n) is 3.30. The van der Waals surface area contributed by atoms with Gasteiger partial charge in [0, 0.05) is 26.1 Å². The van der Waals surface area contributed by atoms with Crippen LogP contribution >= 0.6 is 0 Å². The molecule has 0 aliphatic heterocycles. The Labute approximate surface area is 133 Å². The number of aliphatic carboxylic acids is 1. The second kappa shape index (κ2) is 12.2. The summed E-state index contributed by atoms with van der Waals surface area (Å²) in [6.07, 6.45) is 6.73. The number of carbonyl (C=O) groups excluding carboxylic acids is 1. The zero-order chi connectivity index (χ0) is 17.0. The molecule has 0 saturated carbocycles. The first-order valence-electron chi connectivity index (χ1n) is 7.95. The smallest absolute Gasteiger partial charge is 0.320 e. The molecule has 6 heteroatoms. The van der Waals surface area contributed by atoms with Crippen LogP contribution in [0.2, 0.25) is 0 Å². The van der Waals surface area contributed by atoms with Gasteiger partial charge in [0.05, 0.1) is 6.10 Å². The van der Waals surface area contributed by atoms with E-state index in [-0.39, 0.29) is 12.5 Å². The van der Waals surface area contributed by atoms with Gasteiger partial charge in [0.15, 0.2) is 0 Å². The molecule has 22 heavy (non-hydrogen) atoms. The summed E-state index contributed by atoms with van der Waals surface area (Å²) in [5.41, 5.74) is 0. The van der Waals surface area contributed by atoms with Gasteiger partial charge in [-0.25, -0.2) is 0 Å². The molecule has 2 unspecified atom stereocenters. The SMILES string of the molecule is CC/C=C/CCCC(=O)NCCN(CC(C)O)C(C)C(=O)O. The molecular formula is C16H30N2O4. The highest BCUT2D eigenvalue weighted by Crippen LogP contribution is 2.01. The number of nitrogens with one attached hydrogen (secondary N) is 1. The van der Waals surface area contributed by atoms with Crippen molar-refractivity contribution in [2.45, 2.75) is 58.6 Å². The summed E-state index contributed by atoms with van der Waals surface area (Å²) in [6.45, 7) is 6.32. The number of unbranched alkanes of at least 4 members (excludes halogenated alkanes) is 1. The maximum absolute atomic E-state index is 11.7. The van der Waals surface area contributed by atoms with Crippen molar-refractivity contribution in [1.82, 2.24) is 10.2 Å². The van der Waals surface area contributed by atoms with Gasteiger partial charge in [-0.1, -0.05) is 19.1 Å². The average molecular weight is 314 g/mol. The lowest BCUT2D eigenvalue weighted by atomic mass is 10.2. The minimum atomic E-state index is -0.935. The minimum absolute atomic E-state index is 0.0233. The quantitative estimate of drug-likeness (QED) is 0.374. The summed E-state index contributed by atoms with van der Waals surface area (Å²) in [5, 5.41) is 21.3. The molecule has 6 nitrogen and oxygen atoms in total. The fourth-order valence-corrected chi connectivity index (χ4v) is 2.03. The van der Waals surface area contributed by atoms with Crippen LogP contribution in [0.5, 0.6) is 0 Å². The van der Waals surface area contributed by atoms with Crippen molar-refractivity contribution in [2.75, 3.05) is 19.6 Å². The van der Waals surface area contributed by atoms with Gasteiger partial charge < -0.3 is 15.5 Å². The molecule has 0 aromatic carbocycles. The number of hydrogen-bond donors (Lipinski definition) is 3. The van der Waals surface area contributed by atoms with Crippen LogP contribution in [-0.4, -0.2) is 58.8 Å². The molecule has 128 valence electrons. The van der Waals surface area contributed by atoms with E-state index in [2.05, 4.69) is 24.4 Å². The number of hydrogen-bond acceptors (Lipinski definition) is 4. The number of aliphatic hydroxyl groups is 1. The number of aliphatic hydroxyl groups excluding tert-OH is 1. The van der Waals surface area contributed by atoms with E-state index < -0.39 is 18.1 Å². The van der Waals surface area contributed by atoms with Crippen molar-refractivity contribution in [2.24, 2.45) is 0 Å². The standard InChI is InChI=1S/C16H30N2O4/c1-4-5-6-7-8-9-15(20)17-10-11-18(12-13(2)19)14(3)16(21)22/h5-6,13-14,19H,4,7-12H2,1-3H3,(H,17,20)(H,21,22)/b6-5+. The molecule has 0 radical (unpaired) electrons. The molecular weight excluding hydrogens is 284 g/mol. The highest BCUT2D eigenvalue weighted by Gasteiger charge is 2.21. The number of nitrogens with zero attached hydrogens (tertiary/aromatic N) is 1. The van der Waals surface area contributed by atoms with Crippen LogP contribution in [-0.2, 0) is 9.59 Å². The van der Waals surface area contributed by atoms with Crippen molar-refractivity contribution in [3.63, 3.8) is 0 Å². The molecule has 0 aromatic heterocycles. The maximum Gasteiger partial charge on any atom is 0.320 e. The zero-order valence-corrected chi connectivity index (χ0v) is 13.9. The summed E-state index contributed by atoms with van der Waals surface area (Å²) in [5.74, 6) is -0.959. The van der Waals surface area contributed by atoms with Crippen molar-refractivity contribution in [1.29, 1.82) is 0 Å². The van der Waals surface area contributed by atoms with Crippen LogP contribution in [0.25, 0.3) is 0 Å². The van der Waals surface area contributed by atoms with E-state index in [4.69, 9.17) is 5.11 Å². The van der Waals surface area contributed by atoms with Gasteiger partial charge in [-0.2, -0.15) is 0 Å². The molecule has 2 atom stereocenters. The van der Waals surface area contributed by atoms with Crippen molar-refractivity contribution in [3.05, 3.63) is 12.2 Å². The van der Waals surface area contributed by atoms with Crippen LogP contribution in [0.15, 0.2) is 12.2 Å². The summed E-state index contributed by atoms with van der Waals surface area (Å²) in [4.78, 5) is 24.3. The second-order valence-electron chi connectivity index (χ2n) is 5.48. The molecule has 0 saturated heterocycles. The molecule has 0 fully saturated rings. The van der Waals surface area contributed by atoms with Crippen LogP contribution in [0.1, 0.15) is 46.5 Å². The van der Waals surface area contributed by atoms with Gasteiger partial charge in [0.1, 0.15) is 6.04 Å². The average Bonchev–Trinajstić information content (AvgIpc) is 2.44. The number of rotatable bonds is 12. The Morgan fingerprint density at radius 1 is 1.27 bits per heavy atom. The number of carbonyl (C=O) groups is 2. The van der Waals surface area contributed by atoms with Crippen LogP contribution < -0.4 is 5.32 Å². The van der Waals surface area contributed by atoms with Crippen molar-refractivity contribution in [3.8, 4) is 0 Å². The number of carboxylic acid groups (broad SMARTS) is 1. The third-order valence-corrected chi connectivity index (χ3v) is 3.30. The van der Waals surface area contributed by atoms with E-state index in [1.807, 2.05) is 0 Å². The largest absolute Gasteiger partial charge is 0.480 e. The predicted molar refractivity (Wildman–Crippen MR) is 86.6 cm³/mol. The van der Waals surface area contributed by atoms with Crippen LogP contribution in [0, 0.1) is 0 Å². The molecule has 0 bridgehead atoms. The highest BCUT2D eigenvalue weighted by molar-refractivity contribution is 5.75. The zero-order valence-electron chi connectivity index (χ0n) is 13.9. The molecule has 0 aliphatic rings. The Hall–Kier alpha value is -1.40. The first kappa shape index (κ1) is 20.6. The van der Waals surface area contributed by atoms with Gasteiger partial charge in [0.2, 0.25) is 5.91 Å². The fraction of sp³-hybridized carbons (Fsp3) is 0.750. The van der Waals surface area contributed by atoms with E-state index in [9.17, 15) is 14.7 Å². The van der Waals surface area contributed by atoms with Gasteiger partial charge in [0.25, 0.3) is 0 Å². The topological polar surface area (TPSA) is 89.9 Å². The summed E-state index contributed by atoms with van der Waals surface area (Å²) in [6, 6.07) is -0.689. The molecule has 0 heterocycles. The lowest BCUT2D eigenvalue weighted by Gasteiger charge is -2.27. The number of allylic oxidation sites excluding steroid dienone is 2. The van der Waals surface area contributed by atoms with Gasteiger partial charge in [-0.3, -0.25) is 14.5 Å². The maximum atomic E-state index is 11.7. The molecule has 0 spiro atoms. The Morgan fingerprint density at radius 3 is 2.50 bits per heavy atom. The third kappa shape index (κ3) is 10.3. The van der Waals surface area contributed by atoms with Crippen molar-refractivity contribution < 1.29 is 19.8 Å². The van der Waals surface area contributed by atoms with E-state index in [0.29, 0.717) is 19.5 Å². The minimum Gasteiger partial charge on any atom is -0.480 e. The first-order valence-corrected chi connectivity index (χ1v) is 7.95. The van der Waals surface area contributed by atoms with E-state index >= 15 is 0 Å². The Kier molecular flexibility index (Phi) is 11.4. The number of carboxylic acids is 1. The number of amides is 1. The molecule has 1 amide bonds. The molecule has 0 aromatic rings. The lowest BCUT2D eigenvalue weighted by molar-refractivity contribution is -0.143. The predicted octanol–water partition coefficient (Wildman–Crippen LogP) is 1.39. The van der Waals surface area contributed by atoms with Crippen molar-refractivity contribution >= 4 is 11.9 Å². The van der Waals surface area contributed by atoms with E-state index in [1.165, 1.54) is 0 Å². The van der Waals surface area contributed by atoms with Gasteiger partial charge in [-0.15, -0.1) is 0 Å². The highest BCUT2D eigenvalue weighted by atomic mass is 16.4. The molecule has 3 N–H and O–H groups in total. The second-order valence-corrected chi connectivity index (χ2v) is 5.48. The summed E-state index contributed by atoms with van der Waals surface area (Å²) < 4.78 is 0. The Morgan fingerprint density at radius 2 is 1.95 bits per heavy atom. The molecule has 0 rings (SSSR count). The Balaban J connectivity index is 4.03. The molecule has 0 aliphatic carbocycles. The summed E-state index contributed by atoms with van der Waals surface area (Å²) in [7, 11) is 0. The van der Waals surface area contributed by atoms with Gasteiger partial charge in [-0.05, 0) is 33.1 Å². The van der Waals surface area contributed by atoms with Crippen LogP contribution in [0.3, 0.4) is 0 Å². The Bertz CT molecular complexity index is 356. The van der Waals surface area contributed by atoms with Gasteiger partial charge >= 0.3 is 5.97 Å². The lowest BCUT2D eigenvalue weighted by Crippen LogP contribution is -2.46. The fourth-order valence-electron chi connectivity index (χ4n) is 2.03. The van der Waals surface area contributed by atoms with Crippen LogP contribution in [0.4, 0.5) is 0 Å². The van der Waals surface area contributed by atoms with E-state index in [0.717, 1.165) is 19.3 Å². The monoisotopic (exact) mass is 314 g/mol.